The van der Waals surface area contributed by atoms with Crippen LogP contribution in [0.3, 0.4) is 0 Å². The van der Waals surface area contributed by atoms with Crippen LogP contribution >= 0.6 is 0 Å². The minimum atomic E-state index is -0.334. The fourth-order valence-corrected chi connectivity index (χ4v) is 4.78. The molecule has 0 fully saturated rings. The number of hydrogen-bond donors (Lipinski definition) is 2. The molecule has 6 rings (SSSR count). The van der Waals surface area contributed by atoms with Gasteiger partial charge in [-0.3, -0.25) is 14.0 Å². The van der Waals surface area contributed by atoms with E-state index in [9.17, 15) is 10.1 Å². The summed E-state index contributed by atoms with van der Waals surface area (Å²) < 4.78 is 3.46. The smallest absolute Gasteiger partial charge is 0.263 e. The highest BCUT2D eigenvalue weighted by atomic mass is 16.1. The van der Waals surface area contributed by atoms with Crippen LogP contribution in [0.15, 0.2) is 84.3 Å². The molecule has 0 saturated carbocycles. The quantitative estimate of drug-likeness (QED) is 0.365. The number of aromatic amines is 1. The summed E-state index contributed by atoms with van der Waals surface area (Å²) in [6, 6.07) is 19.3. The Bertz CT molecular complexity index is 1870. The molecule has 4 heterocycles. The number of nitrogens with one attached hydrogen (secondary N) is 2. The van der Waals surface area contributed by atoms with E-state index in [0.717, 1.165) is 27.9 Å². The maximum atomic E-state index is 14.2. The van der Waals surface area contributed by atoms with Crippen molar-refractivity contribution in [2.45, 2.75) is 13.0 Å². The van der Waals surface area contributed by atoms with Crippen molar-refractivity contribution in [2.24, 2.45) is 7.05 Å². The Hall–Kier alpha value is -5.23. The van der Waals surface area contributed by atoms with E-state index >= 15 is 0 Å². The zero-order valence-corrected chi connectivity index (χ0v) is 20.2. The van der Waals surface area contributed by atoms with Crippen LogP contribution in [0.5, 0.6) is 0 Å². The third-order valence-corrected chi connectivity index (χ3v) is 6.49. The molecule has 9 nitrogen and oxygen atoms in total. The van der Waals surface area contributed by atoms with Crippen LogP contribution in [-0.2, 0) is 7.05 Å². The first-order valence-electron chi connectivity index (χ1n) is 11.8. The number of fused-ring (bicyclic) bond motifs is 2. The van der Waals surface area contributed by atoms with Crippen LogP contribution in [0, 0.1) is 11.3 Å². The lowest BCUT2D eigenvalue weighted by molar-refractivity contribution is 0.768. The number of aromatic nitrogens is 6. The van der Waals surface area contributed by atoms with Crippen LogP contribution < -0.4 is 10.9 Å². The van der Waals surface area contributed by atoms with Gasteiger partial charge in [0.1, 0.15) is 23.9 Å². The Kier molecular flexibility index (Phi) is 5.27. The van der Waals surface area contributed by atoms with Crippen molar-refractivity contribution in [1.29, 1.82) is 5.26 Å². The van der Waals surface area contributed by atoms with Gasteiger partial charge in [0.2, 0.25) is 0 Å². The SMILES string of the molecule is CC(Nc1ncnc2[nH]cc(C#N)c12)c1cc2cccc(-c3cnn(C)c3)c2c(=O)n1-c1ccccc1. The van der Waals surface area contributed by atoms with Gasteiger partial charge in [0, 0.05) is 36.4 Å². The van der Waals surface area contributed by atoms with Crippen LogP contribution in [0.4, 0.5) is 5.82 Å². The fourth-order valence-electron chi connectivity index (χ4n) is 4.78. The first kappa shape index (κ1) is 22.2. The predicted molar refractivity (Wildman–Crippen MR) is 142 cm³/mol. The highest BCUT2D eigenvalue weighted by Crippen LogP contribution is 2.31. The van der Waals surface area contributed by atoms with E-state index in [1.807, 2.05) is 74.8 Å². The lowest BCUT2D eigenvalue weighted by atomic mass is 9.99. The summed E-state index contributed by atoms with van der Waals surface area (Å²) >= 11 is 0. The van der Waals surface area contributed by atoms with Crippen molar-refractivity contribution in [3.8, 4) is 22.9 Å². The van der Waals surface area contributed by atoms with Gasteiger partial charge in [0.05, 0.1) is 28.6 Å². The van der Waals surface area contributed by atoms with Crippen molar-refractivity contribution in [1.82, 2.24) is 29.3 Å². The predicted octanol–water partition coefficient (Wildman–Crippen LogP) is 4.71. The molecule has 1 unspecified atom stereocenters. The van der Waals surface area contributed by atoms with E-state index in [1.165, 1.54) is 6.33 Å². The molecular weight excluding hydrogens is 464 g/mol. The third-order valence-electron chi connectivity index (χ3n) is 6.49. The lowest BCUT2D eigenvalue weighted by Crippen LogP contribution is -2.26. The highest BCUT2D eigenvalue weighted by molar-refractivity contribution is 5.96. The topological polar surface area (TPSA) is 117 Å². The minimum Gasteiger partial charge on any atom is -0.361 e. The number of H-pyrrole nitrogens is 1. The normalized spacial score (nSPS) is 12.0. The number of nitriles is 1. The average Bonchev–Trinajstić information content (AvgIpc) is 3.55. The largest absolute Gasteiger partial charge is 0.361 e. The van der Waals surface area contributed by atoms with E-state index in [0.29, 0.717) is 27.8 Å². The van der Waals surface area contributed by atoms with E-state index in [-0.39, 0.29) is 11.6 Å². The zero-order chi connectivity index (χ0) is 25.5. The molecule has 0 aliphatic rings. The average molecular weight is 487 g/mol. The van der Waals surface area contributed by atoms with E-state index in [4.69, 9.17) is 0 Å². The Labute approximate surface area is 211 Å². The minimum absolute atomic E-state index is 0.126. The summed E-state index contributed by atoms with van der Waals surface area (Å²) in [7, 11) is 1.86. The number of pyridine rings is 1. The summed E-state index contributed by atoms with van der Waals surface area (Å²) in [5.74, 6) is 0.520. The van der Waals surface area contributed by atoms with Crippen molar-refractivity contribution in [2.75, 3.05) is 5.32 Å². The summed E-state index contributed by atoms with van der Waals surface area (Å²) in [6.45, 7) is 1.97. The standard InChI is InChI=1S/C28H22N8O/c1-17(34-27-25-19(12-29)13-30-26(25)31-16-32-27)23-11-18-7-6-10-22(20-14-33-35(2)15-20)24(18)28(37)36(23)21-8-4-3-5-9-21/h3-11,13-17H,1-2H3,(H2,30,31,32,34). The van der Waals surface area contributed by atoms with E-state index in [2.05, 4.69) is 31.4 Å². The van der Waals surface area contributed by atoms with Gasteiger partial charge in [-0.05, 0) is 36.1 Å². The number of aryl methyl sites for hydroxylation is 1. The van der Waals surface area contributed by atoms with Gasteiger partial charge in [-0.1, -0.05) is 36.4 Å². The molecule has 4 aromatic heterocycles. The summed E-state index contributed by atoms with van der Waals surface area (Å²) in [4.78, 5) is 25.9. The second kappa shape index (κ2) is 8.77. The maximum Gasteiger partial charge on any atom is 0.263 e. The molecule has 1 atom stereocenters. The molecule has 0 aliphatic heterocycles. The van der Waals surface area contributed by atoms with Crippen molar-refractivity contribution >= 4 is 27.6 Å². The van der Waals surface area contributed by atoms with Gasteiger partial charge in [-0.15, -0.1) is 0 Å². The van der Waals surface area contributed by atoms with Crippen molar-refractivity contribution in [3.05, 3.63) is 101 Å². The Morgan fingerprint density at radius 2 is 1.92 bits per heavy atom. The molecule has 0 radical (unpaired) electrons. The number of benzene rings is 2. The van der Waals surface area contributed by atoms with Crippen LogP contribution in [0.25, 0.3) is 38.6 Å². The monoisotopic (exact) mass is 486 g/mol. The van der Waals surface area contributed by atoms with Crippen LogP contribution in [0.2, 0.25) is 0 Å². The lowest BCUT2D eigenvalue weighted by Gasteiger charge is -2.22. The molecule has 2 aromatic carbocycles. The summed E-state index contributed by atoms with van der Waals surface area (Å²) in [5.41, 5.74) is 4.12. The Morgan fingerprint density at radius 1 is 1.08 bits per heavy atom. The van der Waals surface area contributed by atoms with Gasteiger partial charge < -0.3 is 10.3 Å². The Morgan fingerprint density at radius 3 is 2.68 bits per heavy atom. The molecular formula is C28H22N8O. The third kappa shape index (κ3) is 3.72. The second-order valence-corrected chi connectivity index (χ2v) is 8.84. The number of hydrogen-bond acceptors (Lipinski definition) is 6. The Balaban J connectivity index is 1.57. The first-order chi connectivity index (χ1) is 18.0. The molecule has 6 aromatic rings. The van der Waals surface area contributed by atoms with E-state index in [1.54, 1.807) is 21.6 Å². The van der Waals surface area contributed by atoms with Gasteiger partial charge in [-0.2, -0.15) is 10.4 Å². The molecule has 9 heteroatoms. The highest BCUT2D eigenvalue weighted by Gasteiger charge is 2.21. The molecule has 37 heavy (non-hydrogen) atoms. The molecule has 0 saturated heterocycles. The number of anilines is 1. The van der Waals surface area contributed by atoms with Gasteiger partial charge in [0.15, 0.2) is 0 Å². The fraction of sp³-hybridized carbons (Fsp3) is 0.107. The number of nitrogens with zero attached hydrogens (tertiary/aromatic N) is 6. The molecule has 2 N–H and O–H groups in total. The molecule has 0 amide bonds. The zero-order valence-electron chi connectivity index (χ0n) is 20.2. The van der Waals surface area contributed by atoms with Crippen LogP contribution in [-0.4, -0.2) is 29.3 Å². The van der Waals surface area contributed by atoms with E-state index < -0.39 is 0 Å². The van der Waals surface area contributed by atoms with Crippen molar-refractivity contribution < 1.29 is 0 Å². The molecule has 0 spiro atoms. The molecule has 180 valence electrons. The summed E-state index contributed by atoms with van der Waals surface area (Å²) in [5, 5.41) is 19.3. The second-order valence-electron chi connectivity index (χ2n) is 8.84. The number of para-hydroxylation sites is 1. The first-order valence-corrected chi connectivity index (χ1v) is 11.8. The summed E-state index contributed by atoms with van der Waals surface area (Å²) in [6.07, 6.45) is 6.73. The molecule has 0 aliphatic carbocycles. The van der Waals surface area contributed by atoms with Gasteiger partial charge in [-0.25, -0.2) is 9.97 Å². The van der Waals surface area contributed by atoms with Gasteiger partial charge in [0.25, 0.3) is 5.56 Å². The maximum absolute atomic E-state index is 14.2. The number of rotatable bonds is 5. The molecule has 0 bridgehead atoms. The van der Waals surface area contributed by atoms with Gasteiger partial charge >= 0.3 is 0 Å². The van der Waals surface area contributed by atoms with Crippen LogP contribution in [0.1, 0.15) is 24.2 Å². The van der Waals surface area contributed by atoms with Crippen molar-refractivity contribution in [3.63, 3.8) is 0 Å².